The van der Waals surface area contributed by atoms with Gasteiger partial charge in [0.2, 0.25) is 0 Å². The second kappa shape index (κ2) is 8.00. The number of aromatic nitrogens is 4. The van der Waals surface area contributed by atoms with Crippen LogP contribution in [0, 0.1) is 0 Å². The van der Waals surface area contributed by atoms with E-state index in [4.69, 9.17) is 0 Å². The Bertz CT molecular complexity index is 3210. The second-order valence-corrected chi connectivity index (χ2v) is 13.2. The molecule has 0 saturated heterocycles. The Balaban J connectivity index is 1.31. The van der Waals surface area contributed by atoms with Crippen LogP contribution < -0.4 is 22.2 Å². The van der Waals surface area contributed by atoms with E-state index in [9.17, 15) is 19.2 Å². The summed E-state index contributed by atoms with van der Waals surface area (Å²) < 4.78 is 5.99. The van der Waals surface area contributed by atoms with Crippen LogP contribution in [0.25, 0.3) is 65.9 Å². The molecule has 4 aromatic heterocycles. The monoisotopic (exact) mass is 632 g/mol. The van der Waals surface area contributed by atoms with Gasteiger partial charge in [-0.25, -0.2) is 9.03 Å². The number of para-hydroxylation sites is 2. The molecule has 8 heteroatoms. The highest BCUT2D eigenvalue weighted by atomic mass is 16.2. The van der Waals surface area contributed by atoms with Crippen LogP contribution in [0.4, 0.5) is 0 Å². The van der Waals surface area contributed by atoms with Crippen molar-refractivity contribution in [2.45, 2.75) is 5.41 Å². The van der Waals surface area contributed by atoms with Crippen molar-refractivity contribution in [1.82, 2.24) is 18.1 Å². The smallest absolute Gasteiger partial charge is 0.267 e. The fourth-order valence-electron chi connectivity index (χ4n) is 9.27. The van der Waals surface area contributed by atoms with Gasteiger partial charge in [0.25, 0.3) is 22.2 Å². The number of nitrogens with zero attached hydrogens (tertiary/aromatic N) is 4. The van der Waals surface area contributed by atoms with E-state index in [-0.39, 0.29) is 22.2 Å². The minimum atomic E-state index is -0.804. The Morgan fingerprint density at radius 1 is 0.327 bits per heavy atom. The van der Waals surface area contributed by atoms with E-state index in [1.165, 1.54) is 9.03 Å². The summed E-state index contributed by atoms with van der Waals surface area (Å²) in [4.78, 5) is 55.0. The molecular weight excluding hydrogens is 612 g/mol. The van der Waals surface area contributed by atoms with Gasteiger partial charge in [0.05, 0.1) is 49.0 Å². The zero-order chi connectivity index (χ0) is 32.5. The molecule has 1 spiro atoms. The summed E-state index contributed by atoms with van der Waals surface area (Å²) in [7, 11) is 0. The van der Waals surface area contributed by atoms with Gasteiger partial charge in [-0.05, 0) is 93.0 Å². The van der Waals surface area contributed by atoms with Crippen molar-refractivity contribution >= 4 is 43.6 Å². The summed E-state index contributed by atoms with van der Waals surface area (Å²) in [6.07, 6.45) is 0. The molecule has 0 aliphatic heterocycles. The topological polar surface area (TPSA) is 85.9 Å². The number of benzene rings is 6. The van der Waals surface area contributed by atoms with Crippen LogP contribution in [0.3, 0.4) is 0 Å². The third-order valence-corrected chi connectivity index (χ3v) is 11.1. The van der Waals surface area contributed by atoms with Crippen molar-refractivity contribution in [2.24, 2.45) is 0 Å². The van der Waals surface area contributed by atoms with Crippen LogP contribution in [-0.2, 0) is 5.41 Å². The SMILES string of the molecule is O=c1c2ccccc2n2c3cc4c(cc3c(=O)n12)-c1ccccc1C41c2ccccc2-c2cc3c(=O)n4c(=O)c5ccccc5n4c3cc21. The van der Waals surface area contributed by atoms with Gasteiger partial charge >= 0.3 is 0 Å². The van der Waals surface area contributed by atoms with E-state index in [0.29, 0.717) is 43.6 Å². The Labute approximate surface area is 273 Å². The van der Waals surface area contributed by atoms with Gasteiger partial charge in [0.1, 0.15) is 0 Å². The Hall–Kier alpha value is -6.80. The summed E-state index contributed by atoms with van der Waals surface area (Å²) >= 11 is 0. The maximum absolute atomic E-state index is 14.0. The van der Waals surface area contributed by atoms with Crippen molar-refractivity contribution in [3.63, 3.8) is 0 Å². The minimum Gasteiger partial charge on any atom is -0.267 e. The molecule has 49 heavy (non-hydrogen) atoms. The lowest BCUT2D eigenvalue weighted by atomic mass is 9.70. The number of fused-ring (bicyclic) bond motifs is 20. The summed E-state index contributed by atoms with van der Waals surface area (Å²) in [6, 6.07) is 39.2. The molecule has 0 amide bonds. The fraction of sp³-hybridized carbons (Fsp3) is 0.0244. The third kappa shape index (κ3) is 2.56. The number of hydrogen-bond donors (Lipinski definition) is 0. The highest BCUT2D eigenvalue weighted by Crippen LogP contribution is 2.63. The largest absolute Gasteiger partial charge is 0.282 e. The van der Waals surface area contributed by atoms with Crippen molar-refractivity contribution in [2.75, 3.05) is 0 Å². The molecule has 0 unspecified atom stereocenters. The predicted octanol–water partition coefficient (Wildman–Crippen LogP) is 5.66. The maximum Gasteiger partial charge on any atom is 0.282 e. The van der Waals surface area contributed by atoms with E-state index in [2.05, 4.69) is 36.4 Å². The summed E-state index contributed by atoms with van der Waals surface area (Å²) in [6.45, 7) is 0. The molecule has 10 aromatic rings. The van der Waals surface area contributed by atoms with E-state index in [1.54, 1.807) is 21.2 Å². The van der Waals surface area contributed by atoms with Crippen molar-refractivity contribution < 1.29 is 0 Å². The van der Waals surface area contributed by atoms with Gasteiger partial charge in [-0.1, -0.05) is 72.8 Å². The van der Waals surface area contributed by atoms with E-state index >= 15 is 0 Å². The zero-order valence-electron chi connectivity index (χ0n) is 25.5. The summed E-state index contributed by atoms with van der Waals surface area (Å²) in [5, 5.41) is 1.92. The second-order valence-electron chi connectivity index (χ2n) is 13.2. The predicted molar refractivity (Wildman–Crippen MR) is 189 cm³/mol. The standard InChI is InChI=1S/C41H20N4O4/c46-37-23-11-3-7-15-33(23)42-35-19-31-25(17-27(35)39(48)44(37)42)21-9-1-5-13-29(21)41(31)30-14-6-2-10-22(30)26-18-28-36(20-32(26)41)43-34-16-8-4-12-24(34)38(47)45(43)40(28)49/h1-20H. The van der Waals surface area contributed by atoms with E-state index in [0.717, 1.165) is 44.5 Å². The molecular formula is C41H20N4O4. The van der Waals surface area contributed by atoms with Crippen molar-refractivity contribution in [3.8, 4) is 22.3 Å². The molecule has 4 heterocycles. The quantitative estimate of drug-likeness (QED) is 0.216. The molecule has 2 aliphatic rings. The molecule has 0 fully saturated rings. The first-order chi connectivity index (χ1) is 24.0. The molecule has 0 N–H and O–H groups in total. The van der Waals surface area contributed by atoms with Gasteiger partial charge < -0.3 is 0 Å². The molecule has 2 aliphatic carbocycles. The minimum absolute atomic E-state index is 0.339. The average Bonchev–Trinajstić information content (AvgIpc) is 3.92. The van der Waals surface area contributed by atoms with Gasteiger partial charge in [-0.15, -0.1) is 0 Å². The van der Waals surface area contributed by atoms with Gasteiger partial charge in [0, 0.05) is 0 Å². The average molecular weight is 633 g/mol. The van der Waals surface area contributed by atoms with E-state index < -0.39 is 5.41 Å². The molecule has 12 rings (SSSR count). The number of rotatable bonds is 0. The lowest BCUT2D eigenvalue weighted by Gasteiger charge is -2.30. The van der Waals surface area contributed by atoms with Crippen LogP contribution >= 0.6 is 0 Å². The lowest BCUT2D eigenvalue weighted by molar-refractivity contribution is 0.792. The van der Waals surface area contributed by atoms with E-state index in [1.807, 2.05) is 72.8 Å². The molecule has 6 aromatic carbocycles. The van der Waals surface area contributed by atoms with Crippen LogP contribution in [0.5, 0.6) is 0 Å². The molecule has 228 valence electrons. The summed E-state index contributed by atoms with van der Waals surface area (Å²) in [5.74, 6) is 0. The first-order valence-corrected chi connectivity index (χ1v) is 16.1. The highest BCUT2D eigenvalue weighted by Gasteiger charge is 2.52. The molecule has 0 radical (unpaired) electrons. The molecule has 0 saturated carbocycles. The van der Waals surface area contributed by atoms with Crippen molar-refractivity contribution in [1.29, 1.82) is 0 Å². The Morgan fingerprint density at radius 2 is 0.714 bits per heavy atom. The van der Waals surface area contributed by atoms with Gasteiger partial charge in [-0.2, -0.15) is 9.03 Å². The third-order valence-electron chi connectivity index (χ3n) is 11.1. The zero-order valence-corrected chi connectivity index (χ0v) is 25.5. The van der Waals surface area contributed by atoms with Crippen LogP contribution in [0.15, 0.2) is 141 Å². The van der Waals surface area contributed by atoms with Gasteiger partial charge in [-0.3, -0.25) is 19.2 Å². The van der Waals surface area contributed by atoms with Crippen LogP contribution in [-0.4, -0.2) is 18.1 Å². The van der Waals surface area contributed by atoms with Crippen LogP contribution in [0.2, 0.25) is 0 Å². The first kappa shape index (κ1) is 25.3. The maximum atomic E-state index is 14.0. The number of hydrogen-bond acceptors (Lipinski definition) is 4. The Morgan fingerprint density at radius 3 is 1.18 bits per heavy atom. The first-order valence-electron chi connectivity index (χ1n) is 16.1. The fourth-order valence-corrected chi connectivity index (χ4v) is 9.27. The normalized spacial score (nSPS) is 14.2. The van der Waals surface area contributed by atoms with Gasteiger partial charge in [0.15, 0.2) is 0 Å². The van der Waals surface area contributed by atoms with Crippen molar-refractivity contribution in [3.05, 3.63) is 185 Å². The molecule has 0 bridgehead atoms. The summed E-state index contributed by atoms with van der Waals surface area (Å²) in [5.41, 5.74) is 8.45. The lowest BCUT2D eigenvalue weighted by Crippen LogP contribution is -2.26. The highest BCUT2D eigenvalue weighted by molar-refractivity contribution is 6.02. The molecule has 8 nitrogen and oxygen atoms in total. The molecule has 0 atom stereocenters. The Kier molecular flexibility index (Phi) is 4.13. The van der Waals surface area contributed by atoms with Crippen LogP contribution in [0.1, 0.15) is 22.3 Å².